The molecule has 3 rings (SSSR count). The first-order chi connectivity index (χ1) is 12.0. The van der Waals surface area contributed by atoms with E-state index >= 15 is 0 Å². The highest BCUT2D eigenvalue weighted by molar-refractivity contribution is 5.82. The Morgan fingerprint density at radius 1 is 1.28 bits per heavy atom. The van der Waals surface area contributed by atoms with Gasteiger partial charge in [0.15, 0.2) is 0 Å². The molecule has 0 aliphatic carbocycles. The summed E-state index contributed by atoms with van der Waals surface area (Å²) in [6.45, 7) is 5.74. The monoisotopic (exact) mass is 339 g/mol. The van der Waals surface area contributed by atoms with Crippen molar-refractivity contribution in [3.63, 3.8) is 0 Å². The van der Waals surface area contributed by atoms with Gasteiger partial charge in [0.1, 0.15) is 0 Å². The molecule has 5 heteroatoms. The van der Waals surface area contributed by atoms with Crippen LogP contribution in [0.25, 0.3) is 0 Å². The van der Waals surface area contributed by atoms with Gasteiger partial charge in [-0.25, -0.2) is 0 Å². The van der Waals surface area contributed by atoms with Crippen molar-refractivity contribution in [2.45, 2.75) is 45.8 Å². The van der Waals surface area contributed by atoms with Crippen LogP contribution in [0.2, 0.25) is 0 Å². The lowest BCUT2D eigenvalue weighted by Gasteiger charge is -2.23. The Bertz CT molecular complexity index is 798. The van der Waals surface area contributed by atoms with Crippen LogP contribution >= 0.6 is 0 Å². The Balaban J connectivity index is 1.63. The maximum atomic E-state index is 12.6. The second kappa shape index (κ2) is 7.66. The molecular formula is C20H25N3O2. The van der Waals surface area contributed by atoms with E-state index in [0.717, 1.165) is 37.2 Å². The molecule has 5 nitrogen and oxygen atoms in total. The van der Waals surface area contributed by atoms with Crippen molar-refractivity contribution in [1.82, 2.24) is 15.2 Å². The van der Waals surface area contributed by atoms with Gasteiger partial charge in [-0.05, 0) is 50.4 Å². The van der Waals surface area contributed by atoms with Crippen LogP contribution in [0.1, 0.15) is 35.2 Å². The zero-order valence-electron chi connectivity index (χ0n) is 14.8. The van der Waals surface area contributed by atoms with Gasteiger partial charge < -0.3 is 10.3 Å². The first-order valence-electron chi connectivity index (χ1n) is 8.79. The Morgan fingerprint density at radius 3 is 2.76 bits per heavy atom. The number of nitrogens with zero attached hydrogens (tertiary/aromatic N) is 1. The predicted octanol–water partition coefficient (Wildman–Crippen LogP) is 2.27. The predicted molar refractivity (Wildman–Crippen MR) is 98.3 cm³/mol. The maximum absolute atomic E-state index is 12.6. The van der Waals surface area contributed by atoms with E-state index in [1.807, 2.05) is 38.1 Å². The minimum Gasteiger partial charge on any atom is -0.350 e. The van der Waals surface area contributed by atoms with Crippen LogP contribution < -0.4 is 10.9 Å². The third-order valence-electron chi connectivity index (χ3n) is 4.83. The first-order valence-corrected chi connectivity index (χ1v) is 8.79. The number of nitrogens with one attached hydrogen (secondary N) is 2. The summed E-state index contributed by atoms with van der Waals surface area (Å²) >= 11 is 0. The molecule has 1 aliphatic heterocycles. The summed E-state index contributed by atoms with van der Waals surface area (Å²) in [4.78, 5) is 29.7. The van der Waals surface area contributed by atoms with Crippen molar-refractivity contribution in [3.05, 3.63) is 69.1 Å². The molecule has 0 radical (unpaired) electrons. The van der Waals surface area contributed by atoms with Gasteiger partial charge in [0, 0.05) is 24.3 Å². The Morgan fingerprint density at radius 2 is 2.04 bits per heavy atom. The summed E-state index contributed by atoms with van der Waals surface area (Å²) in [7, 11) is 0. The minimum absolute atomic E-state index is 0.00723. The number of carbonyl (C=O) groups is 1. The normalized spacial score (nSPS) is 17.6. The topological polar surface area (TPSA) is 65.2 Å². The van der Waals surface area contributed by atoms with Gasteiger partial charge in [0.05, 0.1) is 6.04 Å². The largest absolute Gasteiger partial charge is 0.350 e. The van der Waals surface area contributed by atoms with Gasteiger partial charge in [0.2, 0.25) is 5.91 Å². The number of aromatic nitrogens is 1. The smallest absolute Gasteiger partial charge is 0.253 e. The molecule has 1 aromatic heterocycles. The third kappa shape index (κ3) is 4.17. The van der Waals surface area contributed by atoms with Gasteiger partial charge in [0.25, 0.3) is 5.56 Å². The Kier molecular flexibility index (Phi) is 5.34. The fourth-order valence-electron chi connectivity index (χ4n) is 3.52. The Hall–Kier alpha value is -2.40. The molecule has 1 fully saturated rings. The lowest BCUT2D eigenvalue weighted by atomic mass is 10.1. The van der Waals surface area contributed by atoms with Crippen LogP contribution in [-0.2, 0) is 17.9 Å². The van der Waals surface area contributed by atoms with E-state index in [2.05, 4.69) is 27.3 Å². The van der Waals surface area contributed by atoms with Crippen LogP contribution in [0.3, 0.4) is 0 Å². The standard InChI is InChI=1S/C20H25N3O2/c1-14-11-15(2)22-19(24)17(14)12-21-20(25)18-9-6-10-23(18)13-16-7-4-3-5-8-16/h3-5,7-8,11,18H,6,9-10,12-13H2,1-2H3,(H,21,25)(H,22,24). The molecule has 1 aliphatic rings. The molecule has 2 heterocycles. The molecule has 1 amide bonds. The van der Waals surface area contributed by atoms with Crippen LogP contribution in [0.4, 0.5) is 0 Å². The highest BCUT2D eigenvalue weighted by Gasteiger charge is 2.30. The zero-order valence-corrected chi connectivity index (χ0v) is 14.8. The van der Waals surface area contributed by atoms with E-state index in [1.54, 1.807) is 0 Å². The van der Waals surface area contributed by atoms with Gasteiger partial charge in [-0.3, -0.25) is 14.5 Å². The average molecular weight is 339 g/mol. The lowest BCUT2D eigenvalue weighted by Crippen LogP contribution is -2.43. The SMILES string of the molecule is Cc1cc(C)c(CNC(=O)C2CCCN2Cc2ccccc2)c(=O)[nH]1. The van der Waals surface area contributed by atoms with Gasteiger partial charge >= 0.3 is 0 Å². The van der Waals surface area contributed by atoms with Crippen molar-refractivity contribution in [2.75, 3.05) is 6.54 Å². The van der Waals surface area contributed by atoms with Crippen molar-refractivity contribution in [2.24, 2.45) is 0 Å². The Labute approximate surface area is 148 Å². The number of amides is 1. The van der Waals surface area contributed by atoms with Gasteiger partial charge in [-0.2, -0.15) is 0 Å². The number of likely N-dealkylation sites (tertiary alicyclic amines) is 1. The highest BCUT2D eigenvalue weighted by atomic mass is 16.2. The van der Waals surface area contributed by atoms with E-state index in [0.29, 0.717) is 5.56 Å². The van der Waals surface area contributed by atoms with Crippen molar-refractivity contribution in [1.29, 1.82) is 0 Å². The quantitative estimate of drug-likeness (QED) is 0.878. The van der Waals surface area contributed by atoms with Crippen LogP contribution in [0.15, 0.2) is 41.2 Å². The number of hydrogen-bond acceptors (Lipinski definition) is 3. The molecule has 0 saturated carbocycles. The number of aryl methyl sites for hydroxylation is 2. The summed E-state index contributed by atoms with van der Waals surface area (Å²) in [5.41, 5.74) is 3.47. The van der Waals surface area contributed by atoms with Crippen molar-refractivity contribution >= 4 is 5.91 Å². The molecular weight excluding hydrogens is 314 g/mol. The zero-order chi connectivity index (χ0) is 17.8. The van der Waals surface area contributed by atoms with Crippen LogP contribution in [0.5, 0.6) is 0 Å². The second-order valence-corrected chi connectivity index (χ2v) is 6.77. The molecule has 0 spiro atoms. The number of rotatable bonds is 5. The number of benzene rings is 1. The molecule has 1 unspecified atom stereocenters. The second-order valence-electron chi connectivity index (χ2n) is 6.77. The first kappa shape index (κ1) is 17.4. The molecule has 0 bridgehead atoms. The van der Waals surface area contributed by atoms with Gasteiger partial charge in [-0.1, -0.05) is 30.3 Å². The van der Waals surface area contributed by atoms with E-state index in [-0.39, 0.29) is 24.1 Å². The van der Waals surface area contributed by atoms with E-state index in [1.165, 1.54) is 5.56 Å². The van der Waals surface area contributed by atoms with Crippen LogP contribution in [0, 0.1) is 13.8 Å². The number of pyridine rings is 1. The summed E-state index contributed by atoms with van der Waals surface area (Å²) < 4.78 is 0. The van der Waals surface area contributed by atoms with Crippen molar-refractivity contribution < 1.29 is 4.79 Å². The summed E-state index contributed by atoms with van der Waals surface area (Å²) in [6.07, 6.45) is 1.89. The minimum atomic E-state index is -0.120. The van der Waals surface area contributed by atoms with Gasteiger partial charge in [-0.15, -0.1) is 0 Å². The fraction of sp³-hybridized carbons (Fsp3) is 0.400. The average Bonchev–Trinajstić information content (AvgIpc) is 3.03. The van der Waals surface area contributed by atoms with E-state index in [4.69, 9.17) is 0 Å². The lowest BCUT2D eigenvalue weighted by molar-refractivity contribution is -0.125. The molecule has 2 aromatic rings. The molecule has 1 aromatic carbocycles. The number of hydrogen-bond donors (Lipinski definition) is 2. The van der Waals surface area contributed by atoms with E-state index < -0.39 is 0 Å². The van der Waals surface area contributed by atoms with E-state index in [9.17, 15) is 9.59 Å². The summed E-state index contributed by atoms with van der Waals surface area (Å²) in [6, 6.07) is 12.0. The van der Waals surface area contributed by atoms with Crippen LogP contribution in [-0.4, -0.2) is 28.4 Å². The molecule has 1 saturated heterocycles. The molecule has 25 heavy (non-hydrogen) atoms. The molecule has 2 N–H and O–H groups in total. The number of aromatic amines is 1. The van der Waals surface area contributed by atoms with Crippen molar-refractivity contribution in [3.8, 4) is 0 Å². The fourth-order valence-corrected chi connectivity index (χ4v) is 3.52. The third-order valence-corrected chi connectivity index (χ3v) is 4.83. The number of H-pyrrole nitrogens is 1. The highest BCUT2D eigenvalue weighted by Crippen LogP contribution is 2.20. The summed E-state index contributed by atoms with van der Waals surface area (Å²) in [5, 5.41) is 2.96. The summed E-state index contributed by atoms with van der Waals surface area (Å²) in [5.74, 6) is 0.00723. The number of carbonyl (C=O) groups excluding carboxylic acids is 1. The molecule has 132 valence electrons. The molecule has 1 atom stereocenters. The maximum Gasteiger partial charge on any atom is 0.253 e.